The lowest BCUT2D eigenvalue weighted by molar-refractivity contribution is -0.305. The molecule has 0 rings (SSSR count). The van der Waals surface area contributed by atoms with Gasteiger partial charge in [-0.15, -0.1) is 13.2 Å². The van der Waals surface area contributed by atoms with Crippen molar-refractivity contribution in [3.63, 3.8) is 0 Å². The Balaban J connectivity index is 3.58. The van der Waals surface area contributed by atoms with Crippen molar-refractivity contribution in [2.75, 3.05) is 6.67 Å². The van der Waals surface area contributed by atoms with E-state index in [1.54, 1.807) is 0 Å². The van der Waals surface area contributed by atoms with Crippen LogP contribution in [0.3, 0.4) is 0 Å². The molecule has 0 amide bonds. The zero-order valence-corrected chi connectivity index (χ0v) is 4.74. The van der Waals surface area contributed by atoms with Gasteiger partial charge in [0.2, 0.25) is 0 Å². The molecule has 60 valence electrons. The summed E-state index contributed by atoms with van der Waals surface area (Å²) in [6, 6.07) is 0. The number of alkyl halides is 4. The predicted octanol–water partition coefficient (Wildman–Crippen LogP) is 1.41. The molecule has 0 saturated heterocycles. The standard InChI is InChI=1S/C4H4F4O2/c5-2-1-3(9)10-4(6,7)8/h1-2H2. The summed E-state index contributed by atoms with van der Waals surface area (Å²) in [4.78, 5) is 9.88. The molecule has 0 aliphatic heterocycles. The molecular formula is C4H4F4O2. The van der Waals surface area contributed by atoms with E-state index in [2.05, 4.69) is 4.74 Å². The van der Waals surface area contributed by atoms with Gasteiger partial charge in [-0.3, -0.25) is 9.18 Å². The average molecular weight is 160 g/mol. The summed E-state index contributed by atoms with van der Waals surface area (Å²) in [5.41, 5.74) is 0. The van der Waals surface area contributed by atoms with Gasteiger partial charge in [-0.25, -0.2) is 0 Å². The molecule has 0 spiro atoms. The van der Waals surface area contributed by atoms with Crippen LogP contribution in [0.1, 0.15) is 6.42 Å². The van der Waals surface area contributed by atoms with Crippen LogP contribution in [0.25, 0.3) is 0 Å². The highest BCUT2D eigenvalue weighted by Gasteiger charge is 2.33. The Bertz CT molecular complexity index is 119. The molecule has 2 nitrogen and oxygen atoms in total. The van der Waals surface area contributed by atoms with Crippen molar-refractivity contribution in [3.05, 3.63) is 0 Å². The molecule has 0 unspecified atom stereocenters. The Kier molecular flexibility index (Phi) is 3.11. The van der Waals surface area contributed by atoms with Gasteiger partial charge in [-0.05, 0) is 0 Å². The Labute approximate surface area is 53.8 Å². The van der Waals surface area contributed by atoms with E-state index in [1.807, 2.05) is 0 Å². The molecule has 6 heteroatoms. The molecule has 0 aliphatic rings. The zero-order valence-electron chi connectivity index (χ0n) is 4.74. The monoisotopic (exact) mass is 160 g/mol. The lowest BCUT2D eigenvalue weighted by Crippen LogP contribution is -2.19. The maximum atomic E-state index is 11.2. The molecule has 0 aliphatic carbocycles. The number of hydrogen-bond donors (Lipinski definition) is 0. The second-order valence-electron chi connectivity index (χ2n) is 1.36. The van der Waals surface area contributed by atoms with Gasteiger partial charge in [0.15, 0.2) is 0 Å². The van der Waals surface area contributed by atoms with E-state index in [4.69, 9.17) is 0 Å². The van der Waals surface area contributed by atoms with Crippen LogP contribution in [-0.2, 0) is 9.53 Å². The van der Waals surface area contributed by atoms with Gasteiger partial charge in [0, 0.05) is 0 Å². The van der Waals surface area contributed by atoms with Crippen LogP contribution < -0.4 is 0 Å². The quantitative estimate of drug-likeness (QED) is 0.451. The van der Waals surface area contributed by atoms with E-state index in [1.165, 1.54) is 0 Å². The summed E-state index contributed by atoms with van der Waals surface area (Å²) in [7, 11) is 0. The Morgan fingerprint density at radius 2 is 1.90 bits per heavy atom. The first-order chi connectivity index (χ1) is 4.45. The highest BCUT2D eigenvalue weighted by Crippen LogP contribution is 2.16. The second-order valence-corrected chi connectivity index (χ2v) is 1.36. The molecule has 0 aromatic rings. The number of hydrogen-bond acceptors (Lipinski definition) is 2. The third-order valence-corrected chi connectivity index (χ3v) is 0.528. The summed E-state index contributed by atoms with van der Waals surface area (Å²) in [6.45, 7) is -1.14. The van der Waals surface area contributed by atoms with Crippen molar-refractivity contribution in [1.82, 2.24) is 0 Å². The SMILES string of the molecule is O=C(CCF)OC(F)(F)F. The molecule has 0 aromatic carbocycles. The van der Waals surface area contributed by atoms with Gasteiger partial charge < -0.3 is 4.74 Å². The molecule has 0 heterocycles. The van der Waals surface area contributed by atoms with E-state index >= 15 is 0 Å². The summed E-state index contributed by atoms with van der Waals surface area (Å²) >= 11 is 0. The van der Waals surface area contributed by atoms with Crippen molar-refractivity contribution in [2.24, 2.45) is 0 Å². The van der Waals surface area contributed by atoms with E-state index < -0.39 is 25.4 Å². The highest BCUT2D eigenvalue weighted by atomic mass is 19.4. The third kappa shape index (κ3) is 5.33. The summed E-state index contributed by atoms with van der Waals surface area (Å²) < 4.78 is 47.1. The minimum atomic E-state index is -4.99. The molecule has 0 fully saturated rings. The fraction of sp³-hybridized carbons (Fsp3) is 0.750. The fourth-order valence-corrected chi connectivity index (χ4v) is 0.257. The van der Waals surface area contributed by atoms with E-state index in [-0.39, 0.29) is 0 Å². The fourth-order valence-electron chi connectivity index (χ4n) is 0.257. The van der Waals surface area contributed by atoms with Gasteiger partial charge >= 0.3 is 12.3 Å². The number of carbonyl (C=O) groups excluding carboxylic acids is 1. The summed E-state index contributed by atoms with van der Waals surface area (Å²) in [6.07, 6.45) is -5.86. The maximum absolute atomic E-state index is 11.2. The first-order valence-corrected chi connectivity index (χ1v) is 2.30. The van der Waals surface area contributed by atoms with Crippen LogP contribution in [0.5, 0.6) is 0 Å². The van der Waals surface area contributed by atoms with Crippen LogP contribution in [0.4, 0.5) is 17.6 Å². The highest BCUT2D eigenvalue weighted by molar-refractivity contribution is 5.69. The van der Waals surface area contributed by atoms with Crippen LogP contribution in [0.2, 0.25) is 0 Å². The van der Waals surface area contributed by atoms with Crippen molar-refractivity contribution in [1.29, 1.82) is 0 Å². The number of carbonyl (C=O) groups is 1. The van der Waals surface area contributed by atoms with Gasteiger partial charge in [-0.2, -0.15) is 0 Å². The number of esters is 1. The first-order valence-electron chi connectivity index (χ1n) is 2.30. The van der Waals surface area contributed by atoms with Crippen LogP contribution in [0, 0.1) is 0 Å². The molecule has 0 saturated carbocycles. The molecule has 10 heavy (non-hydrogen) atoms. The first kappa shape index (κ1) is 9.19. The smallest absolute Gasteiger partial charge is 0.373 e. The summed E-state index contributed by atoms with van der Waals surface area (Å²) in [5.74, 6) is -1.60. The van der Waals surface area contributed by atoms with E-state index in [0.717, 1.165) is 0 Å². The zero-order chi connectivity index (χ0) is 8.20. The molecule has 0 atom stereocenters. The largest absolute Gasteiger partial charge is 0.575 e. The molecule has 0 N–H and O–H groups in total. The minimum Gasteiger partial charge on any atom is -0.373 e. The van der Waals surface area contributed by atoms with Gasteiger partial charge in [-0.1, -0.05) is 0 Å². The topological polar surface area (TPSA) is 26.3 Å². The lowest BCUT2D eigenvalue weighted by Gasteiger charge is -2.04. The van der Waals surface area contributed by atoms with Crippen molar-refractivity contribution in [2.45, 2.75) is 12.8 Å². The molecule has 0 aromatic heterocycles. The maximum Gasteiger partial charge on any atom is 0.575 e. The Morgan fingerprint density at radius 1 is 1.40 bits per heavy atom. The summed E-state index contributed by atoms with van der Waals surface area (Å²) in [5, 5.41) is 0. The van der Waals surface area contributed by atoms with Gasteiger partial charge in [0.1, 0.15) is 0 Å². The molecule has 0 bridgehead atoms. The third-order valence-electron chi connectivity index (χ3n) is 0.528. The Hall–Kier alpha value is -0.810. The Morgan fingerprint density at radius 3 is 2.20 bits per heavy atom. The van der Waals surface area contributed by atoms with Crippen molar-refractivity contribution in [3.8, 4) is 0 Å². The number of ether oxygens (including phenoxy) is 1. The second kappa shape index (κ2) is 3.38. The van der Waals surface area contributed by atoms with E-state index in [0.29, 0.717) is 0 Å². The predicted molar refractivity (Wildman–Crippen MR) is 22.7 cm³/mol. The van der Waals surface area contributed by atoms with Crippen molar-refractivity contribution < 1.29 is 27.1 Å². The minimum absolute atomic E-state index is 0.862. The van der Waals surface area contributed by atoms with Crippen LogP contribution >= 0.6 is 0 Å². The molecular weight excluding hydrogens is 156 g/mol. The average Bonchev–Trinajstić information content (AvgIpc) is 1.59. The number of halogens is 4. The van der Waals surface area contributed by atoms with Gasteiger partial charge in [0.05, 0.1) is 13.1 Å². The lowest BCUT2D eigenvalue weighted by atomic mass is 10.5. The van der Waals surface area contributed by atoms with Crippen LogP contribution in [-0.4, -0.2) is 19.0 Å². The van der Waals surface area contributed by atoms with Crippen molar-refractivity contribution >= 4 is 5.97 Å². The normalized spacial score (nSPS) is 11.2. The van der Waals surface area contributed by atoms with E-state index in [9.17, 15) is 22.4 Å². The van der Waals surface area contributed by atoms with Gasteiger partial charge in [0.25, 0.3) is 0 Å². The van der Waals surface area contributed by atoms with Crippen LogP contribution in [0.15, 0.2) is 0 Å². The molecule has 0 radical (unpaired) electrons. The number of rotatable bonds is 2.